The van der Waals surface area contributed by atoms with E-state index >= 15 is 0 Å². The Kier molecular flexibility index (Phi) is 10.9. The van der Waals surface area contributed by atoms with Gasteiger partial charge >= 0.3 is 6.09 Å². The smallest absolute Gasteiger partial charge is 0.408 e. The van der Waals surface area contributed by atoms with Gasteiger partial charge < -0.3 is 25.4 Å². The molecular weight excluding hydrogens is 472 g/mol. The van der Waals surface area contributed by atoms with Crippen LogP contribution in [-0.2, 0) is 20.7 Å². The Hall–Kier alpha value is -4.06. The number of ether oxygens (including phenoxy) is 1. The lowest BCUT2D eigenvalue weighted by Crippen LogP contribution is -2.54. The predicted molar refractivity (Wildman–Crippen MR) is 139 cm³/mol. The Morgan fingerprint density at radius 1 is 1.08 bits per heavy atom. The summed E-state index contributed by atoms with van der Waals surface area (Å²) < 4.78 is 5.37. The maximum Gasteiger partial charge on any atom is 0.408 e. The van der Waals surface area contributed by atoms with E-state index in [0.717, 1.165) is 12.8 Å². The summed E-state index contributed by atoms with van der Waals surface area (Å²) in [5, 5.41) is 24.7. The van der Waals surface area contributed by atoms with E-state index in [4.69, 9.17) is 4.74 Å². The first kappa shape index (κ1) is 29.2. The van der Waals surface area contributed by atoms with E-state index in [1.807, 2.05) is 13.0 Å². The van der Waals surface area contributed by atoms with Crippen LogP contribution in [-0.4, -0.2) is 52.6 Å². The normalized spacial score (nSPS) is 12.5. The van der Waals surface area contributed by atoms with E-state index in [1.165, 1.54) is 17.0 Å². The van der Waals surface area contributed by atoms with Gasteiger partial charge in [0.05, 0.1) is 6.07 Å². The molecule has 0 spiro atoms. The summed E-state index contributed by atoms with van der Waals surface area (Å²) in [5.74, 6) is -0.963. The zero-order valence-electron chi connectivity index (χ0n) is 21.9. The van der Waals surface area contributed by atoms with Crippen LogP contribution in [0, 0.1) is 11.3 Å². The molecule has 2 unspecified atom stereocenters. The summed E-state index contributed by atoms with van der Waals surface area (Å²) in [7, 11) is 0. The monoisotopic (exact) mass is 508 g/mol. The number of carbonyl (C=O) groups is 3. The number of phenolic OH excluding ortho intramolecular Hbond substituents is 1. The van der Waals surface area contributed by atoms with E-state index in [1.54, 1.807) is 63.2 Å². The van der Waals surface area contributed by atoms with E-state index in [9.17, 15) is 24.8 Å². The number of rotatable bonds is 11. The summed E-state index contributed by atoms with van der Waals surface area (Å²) in [5.41, 5.74) is 0.405. The van der Waals surface area contributed by atoms with Gasteiger partial charge in [-0.3, -0.25) is 9.59 Å². The first-order chi connectivity index (χ1) is 17.6. The van der Waals surface area contributed by atoms with Crippen molar-refractivity contribution >= 4 is 17.9 Å². The number of nitriles is 1. The molecule has 0 bridgehead atoms. The molecule has 9 heteroatoms. The van der Waals surface area contributed by atoms with Crippen LogP contribution in [0.5, 0.6) is 5.75 Å². The lowest BCUT2D eigenvalue weighted by atomic mass is 10.00. The molecule has 9 nitrogen and oxygen atoms in total. The SMILES string of the molecule is CCCCNC(=O)C(c1ccccc1)N(CC#N)C(=O)C(Cc1ccc(O)cc1)NC(=O)OC(C)(C)C. The zero-order chi connectivity index (χ0) is 27.4. The van der Waals surface area contributed by atoms with Crippen molar-refractivity contribution in [2.75, 3.05) is 13.1 Å². The average Bonchev–Trinajstić information content (AvgIpc) is 2.84. The molecule has 0 aromatic heterocycles. The van der Waals surface area contributed by atoms with Gasteiger partial charge in [-0.05, 0) is 50.5 Å². The van der Waals surface area contributed by atoms with Gasteiger partial charge in [0, 0.05) is 13.0 Å². The number of benzene rings is 2. The highest BCUT2D eigenvalue weighted by atomic mass is 16.6. The first-order valence-corrected chi connectivity index (χ1v) is 12.3. The molecule has 2 rings (SSSR count). The number of nitrogens with one attached hydrogen (secondary N) is 2. The summed E-state index contributed by atoms with van der Waals surface area (Å²) in [6.45, 7) is 7.18. The largest absolute Gasteiger partial charge is 0.508 e. The van der Waals surface area contributed by atoms with Crippen molar-refractivity contribution in [1.29, 1.82) is 5.26 Å². The van der Waals surface area contributed by atoms with Crippen molar-refractivity contribution in [3.05, 3.63) is 65.7 Å². The fourth-order valence-electron chi connectivity index (χ4n) is 3.68. The maximum absolute atomic E-state index is 13.9. The lowest BCUT2D eigenvalue weighted by molar-refractivity contribution is -0.141. The van der Waals surface area contributed by atoms with Gasteiger partial charge in [-0.2, -0.15) is 5.26 Å². The van der Waals surface area contributed by atoms with Crippen molar-refractivity contribution in [3.8, 4) is 11.8 Å². The first-order valence-electron chi connectivity index (χ1n) is 12.3. The van der Waals surface area contributed by atoms with Crippen molar-refractivity contribution in [3.63, 3.8) is 0 Å². The van der Waals surface area contributed by atoms with Gasteiger partial charge in [0.2, 0.25) is 11.8 Å². The Bertz CT molecular complexity index is 1070. The molecule has 2 aromatic rings. The highest BCUT2D eigenvalue weighted by Crippen LogP contribution is 2.23. The lowest BCUT2D eigenvalue weighted by Gasteiger charge is -2.33. The molecule has 2 atom stereocenters. The molecule has 37 heavy (non-hydrogen) atoms. The second-order valence-corrected chi connectivity index (χ2v) is 9.65. The van der Waals surface area contributed by atoms with Gasteiger partial charge in [-0.25, -0.2) is 4.79 Å². The molecule has 0 saturated carbocycles. The minimum Gasteiger partial charge on any atom is -0.508 e. The molecule has 0 heterocycles. The maximum atomic E-state index is 13.9. The van der Waals surface area contributed by atoms with E-state index in [-0.39, 0.29) is 18.7 Å². The number of alkyl carbamates (subject to hydrolysis) is 1. The van der Waals surface area contributed by atoms with Crippen LogP contribution < -0.4 is 10.6 Å². The number of hydrogen-bond acceptors (Lipinski definition) is 6. The molecule has 0 radical (unpaired) electrons. The van der Waals surface area contributed by atoms with Crippen LogP contribution in [0.25, 0.3) is 0 Å². The molecule has 3 N–H and O–H groups in total. The number of carbonyl (C=O) groups excluding carboxylic acids is 3. The van der Waals surface area contributed by atoms with Gasteiger partial charge in [0.25, 0.3) is 0 Å². The molecule has 198 valence electrons. The fourth-order valence-corrected chi connectivity index (χ4v) is 3.68. The Labute approximate surface area is 218 Å². The average molecular weight is 509 g/mol. The predicted octanol–water partition coefficient (Wildman–Crippen LogP) is 3.84. The molecule has 0 saturated heterocycles. The number of amides is 3. The molecule has 0 aliphatic carbocycles. The van der Waals surface area contributed by atoms with Crippen LogP contribution >= 0.6 is 0 Å². The van der Waals surface area contributed by atoms with E-state index in [2.05, 4.69) is 10.6 Å². The third-order valence-electron chi connectivity index (χ3n) is 5.39. The van der Waals surface area contributed by atoms with Gasteiger partial charge in [0.1, 0.15) is 30.0 Å². The summed E-state index contributed by atoms with van der Waals surface area (Å²) in [4.78, 5) is 41.1. The number of unbranched alkanes of at least 4 members (excludes halogenated alkanes) is 1. The van der Waals surface area contributed by atoms with E-state index < -0.39 is 35.6 Å². The van der Waals surface area contributed by atoms with Crippen molar-refractivity contribution < 1.29 is 24.2 Å². The van der Waals surface area contributed by atoms with Crippen molar-refractivity contribution in [1.82, 2.24) is 15.5 Å². The second kappa shape index (κ2) is 13.9. The summed E-state index contributed by atoms with van der Waals surface area (Å²) in [6, 6.07) is 14.7. The summed E-state index contributed by atoms with van der Waals surface area (Å²) >= 11 is 0. The minimum absolute atomic E-state index is 0.0548. The fraction of sp³-hybridized carbons (Fsp3) is 0.429. The van der Waals surface area contributed by atoms with Crippen LogP contribution in [0.2, 0.25) is 0 Å². The Morgan fingerprint density at radius 3 is 2.30 bits per heavy atom. The highest BCUT2D eigenvalue weighted by molar-refractivity contribution is 5.92. The summed E-state index contributed by atoms with van der Waals surface area (Å²) in [6.07, 6.45) is 0.902. The third-order valence-corrected chi connectivity index (χ3v) is 5.39. The highest BCUT2D eigenvalue weighted by Gasteiger charge is 2.36. The quantitative estimate of drug-likeness (QED) is 0.312. The number of nitrogens with zero attached hydrogens (tertiary/aromatic N) is 2. The standard InChI is InChI=1S/C28H36N4O5/c1-5-6-17-30-25(34)24(21-10-8-7-9-11-21)32(18-16-29)26(35)23(31-27(36)37-28(2,3)4)19-20-12-14-22(33)15-13-20/h7-15,23-24,33H,5-6,17-19H2,1-4H3,(H,30,34)(H,31,36). The number of aromatic hydroxyl groups is 1. The molecular formula is C28H36N4O5. The van der Waals surface area contributed by atoms with Gasteiger partial charge in [-0.15, -0.1) is 0 Å². The molecule has 2 aromatic carbocycles. The number of phenols is 1. The van der Waals surface area contributed by atoms with Crippen LogP contribution in [0.3, 0.4) is 0 Å². The topological polar surface area (TPSA) is 132 Å². The van der Waals surface area contributed by atoms with Gasteiger partial charge in [0.15, 0.2) is 0 Å². The van der Waals surface area contributed by atoms with Crippen LogP contribution in [0.15, 0.2) is 54.6 Å². The molecule has 3 amide bonds. The van der Waals surface area contributed by atoms with Gasteiger partial charge in [-0.1, -0.05) is 55.8 Å². The molecule has 0 aliphatic rings. The Balaban J connectivity index is 2.46. The van der Waals surface area contributed by atoms with Crippen LogP contribution in [0.1, 0.15) is 57.7 Å². The zero-order valence-corrected chi connectivity index (χ0v) is 21.9. The van der Waals surface area contributed by atoms with Crippen LogP contribution in [0.4, 0.5) is 4.79 Å². The third kappa shape index (κ3) is 9.49. The van der Waals surface area contributed by atoms with E-state index in [0.29, 0.717) is 17.7 Å². The minimum atomic E-state index is -1.14. The molecule has 0 fully saturated rings. The Morgan fingerprint density at radius 2 is 1.73 bits per heavy atom. The number of hydrogen-bond donors (Lipinski definition) is 3. The second-order valence-electron chi connectivity index (χ2n) is 9.65. The molecule has 0 aliphatic heterocycles. The van der Waals surface area contributed by atoms with Crippen molar-refractivity contribution in [2.24, 2.45) is 0 Å². The van der Waals surface area contributed by atoms with Crippen molar-refractivity contribution in [2.45, 2.75) is 64.6 Å².